The van der Waals surface area contributed by atoms with Crippen molar-refractivity contribution in [1.29, 1.82) is 0 Å². The van der Waals surface area contributed by atoms with Gasteiger partial charge in [-0.25, -0.2) is 0 Å². The second-order valence-corrected chi connectivity index (χ2v) is 6.27. The molecule has 1 unspecified atom stereocenters. The molecule has 0 aliphatic rings. The van der Waals surface area contributed by atoms with Gasteiger partial charge in [-0.1, -0.05) is 36.4 Å². The summed E-state index contributed by atoms with van der Waals surface area (Å²) in [5.41, 5.74) is 5.55. The number of nitrogens with one attached hydrogen (secondary N) is 2. The van der Waals surface area contributed by atoms with E-state index < -0.39 is 0 Å². The third-order valence-corrected chi connectivity index (χ3v) is 4.51. The van der Waals surface area contributed by atoms with Crippen molar-refractivity contribution in [2.75, 3.05) is 5.32 Å². The average Bonchev–Trinajstić information content (AvgIpc) is 3.08. The fourth-order valence-corrected chi connectivity index (χ4v) is 3.14. The van der Waals surface area contributed by atoms with Crippen LogP contribution in [-0.4, -0.2) is 10.1 Å². The minimum atomic E-state index is 0.221. The van der Waals surface area contributed by atoms with E-state index in [2.05, 4.69) is 65.8 Å². The van der Waals surface area contributed by atoms with Gasteiger partial charge >= 0.3 is 0 Å². The molecule has 1 heterocycles. The van der Waals surface area contributed by atoms with E-state index >= 15 is 0 Å². The molecule has 0 spiro atoms. The standard InChI is InChI=1S/C22H20N2O/c1-15(16-6-3-2-4-7-16)23-20-8-5-9-21-19(20)14-22(24-21)17-10-12-18(25)13-11-17/h2-15,23-25H,1H3. The first-order chi connectivity index (χ1) is 12.2. The summed E-state index contributed by atoms with van der Waals surface area (Å²) in [5, 5.41) is 14.3. The lowest BCUT2D eigenvalue weighted by Gasteiger charge is -2.16. The molecule has 0 aliphatic heterocycles. The van der Waals surface area contributed by atoms with Crippen LogP contribution in [0.3, 0.4) is 0 Å². The lowest BCUT2D eigenvalue weighted by atomic mass is 10.1. The largest absolute Gasteiger partial charge is 0.508 e. The van der Waals surface area contributed by atoms with Gasteiger partial charge < -0.3 is 15.4 Å². The maximum Gasteiger partial charge on any atom is 0.115 e. The molecule has 0 aliphatic carbocycles. The lowest BCUT2D eigenvalue weighted by molar-refractivity contribution is 0.475. The summed E-state index contributed by atoms with van der Waals surface area (Å²) >= 11 is 0. The fourth-order valence-electron chi connectivity index (χ4n) is 3.14. The molecular weight excluding hydrogens is 308 g/mol. The van der Waals surface area contributed by atoms with Crippen molar-refractivity contribution in [2.45, 2.75) is 13.0 Å². The Kier molecular flexibility index (Phi) is 3.90. The van der Waals surface area contributed by atoms with Crippen molar-refractivity contribution in [3.05, 3.63) is 84.4 Å². The zero-order valence-corrected chi connectivity index (χ0v) is 14.0. The average molecular weight is 328 g/mol. The Bertz CT molecular complexity index is 988. The minimum Gasteiger partial charge on any atom is -0.508 e. The van der Waals surface area contributed by atoms with Gasteiger partial charge in [-0.2, -0.15) is 0 Å². The van der Waals surface area contributed by atoms with Crippen molar-refractivity contribution in [3.63, 3.8) is 0 Å². The zero-order valence-electron chi connectivity index (χ0n) is 14.0. The number of anilines is 1. The van der Waals surface area contributed by atoms with E-state index in [1.54, 1.807) is 12.1 Å². The van der Waals surface area contributed by atoms with Crippen molar-refractivity contribution in [1.82, 2.24) is 4.98 Å². The highest BCUT2D eigenvalue weighted by molar-refractivity contribution is 5.95. The van der Waals surface area contributed by atoms with E-state index in [1.807, 2.05) is 18.2 Å². The van der Waals surface area contributed by atoms with Crippen molar-refractivity contribution < 1.29 is 5.11 Å². The van der Waals surface area contributed by atoms with E-state index in [-0.39, 0.29) is 11.8 Å². The van der Waals surface area contributed by atoms with Crippen molar-refractivity contribution in [2.24, 2.45) is 0 Å². The Morgan fingerprint density at radius 3 is 2.40 bits per heavy atom. The predicted molar refractivity (Wildman–Crippen MR) is 104 cm³/mol. The molecular formula is C22H20N2O. The highest BCUT2D eigenvalue weighted by Gasteiger charge is 2.10. The molecule has 0 saturated carbocycles. The number of aromatic hydroxyl groups is 1. The summed E-state index contributed by atoms with van der Waals surface area (Å²) in [4.78, 5) is 3.46. The smallest absolute Gasteiger partial charge is 0.115 e. The number of fused-ring (bicyclic) bond motifs is 1. The molecule has 0 bridgehead atoms. The van der Waals surface area contributed by atoms with E-state index in [1.165, 1.54) is 5.56 Å². The van der Waals surface area contributed by atoms with Crippen LogP contribution in [0.25, 0.3) is 22.2 Å². The van der Waals surface area contributed by atoms with Crippen LogP contribution in [0.2, 0.25) is 0 Å². The highest BCUT2D eigenvalue weighted by Crippen LogP contribution is 2.31. The highest BCUT2D eigenvalue weighted by atomic mass is 16.3. The lowest BCUT2D eigenvalue weighted by Crippen LogP contribution is -2.06. The molecule has 25 heavy (non-hydrogen) atoms. The molecule has 3 N–H and O–H groups in total. The first-order valence-electron chi connectivity index (χ1n) is 8.43. The third-order valence-electron chi connectivity index (χ3n) is 4.51. The zero-order chi connectivity index (χ0) is 17.2. The Morgan fingerprint density at radius 2 is 1.64 bits per heavy atom. The van der Waals surface area contributed by atoms with Crippen LogP contribution < -0.4 is 5.32 Å². The number of rotatable bonds is 4. The first kappa shape index (κ1) is 15.3. The molecule has 3 heteroatoms. The number of H-pyrrole nitrogens is 1. The van der Waals surface area contributed by atoms with Gasteiger partial charge in [-0.3, -0.25) is 0 Å². The first-order valence-corrected chi connectivity index (χ1v) is 8.43. The number of aromatic amines is 1. The molecule has 0 fully saturated rings. The maximum absolute atomic E-state index is 9.47. The van der Waals surface area contributed by atoms with E-state index in [9.17, 15) is 5.11 Å². The van der Waals surface area contributed by atoms with E-state index in [0.717, 1.165) is 27.8 Å². The second kappa shape index (κ2) is 6.36. The summed E-state index contributed by atoms with van der Waals surface area (Å²) in [7, 11) is 0. The number of aromatic nitrogens is 1. The topological polar surface area (TPSA) is 48.0 Å². The quantitative estimate of drug-likeness (QED) is 0.449. The number of hydrogen-bond acceptors (Lipinski definition) is 2. The van der Waals surface area contributed by atoms with Crippen LogP contribution in [0.5, 0.6) is 5.75 Å². The molecule has 4 rings (SSSR count). The summed E-state index contributed by atoms with van der Waals surface area (Å²) in [5.74, 6) is 0.277. The van der Waals surface area contributed by atoms with Crippen molar-refractivity contribution >= 4 is 16.6 Å². The molecule has 0 radical (unpaired) electrons. The summed E-state index contributed by atoms with van der Waals surface area (Å²) in [6.07, 6.45) is 0. The Balaban J connectivity index is 1.69. The SMILES string of the molecule is CC(Nc1cccc2[nH]c(-c3ccc(O)cc3)cc12)c1ccccc1. The van der Waals surface area contributed by atoms with Crippen molar-refractivity contribution in [3.8, 4) is 17.0 Å². The molecule has 1 aromatic heterocycles. The summed E-state index contributed by atoms with van der Waals surface area (Å²) in [6.45, 7) is 2.17. The summed E-state index contributed by atoms with van der Waals surface area (Å²) in [6, 6.07) is 26.3. The van der Waals surface area contributed by atoms with Crippen LogP contribution in [0.1, 0.15) is 18.5 Å². The second-order valence-electron chi connectivity index (χ2n) is 6.27. The fraction of sp³-hybridized carbons (Fsp3) is 0.0909. The van der Waals surface area contributed by atoms with Crippen LogP contribution in [0.15, 0.2) is 78.9 Å². The monoisotopic (exact) mass is 328 g/mol. The van der Waals surface area contributed by atoms with Crippen LogP contribution in [0.4, 0.5) is 5.69 Å². The molecule has 0 amide bonds. The van der Waals surface area contributed by atoms with Crippen LogP contribution in [-0.2, 0) is 0 Å². The van der Waals surface area contributed by atoms with Gasteiger partial charge in [0.05, 0.1) is 0 Å². The van der Waals surface area contributed by atoms with Gasteiger partial charge in [0.25, 0.3) is 0 Å². The molecule has 1 atom stereocenters. The van der Waals surface area contributed by atoms with Gasteiger partial charge in [0.15, 0.2) is 0 Å². The molecule has 3 aromatic carbocycles. The Labute approximate surface area is 147 Å². The molecule has 124 valence electrons. The molecule has 4 aromatic rings. The van der Waals surface area contributed by atoms with Gasteiger partial charge in [0.1, 0.15) is 5.75 Å². The van der Waals surface area contributed by atoms with Gasteiger partial charge in [-0.15, -0.1) is 0 Å². The maximum atomic E-state index is 9.47. The Hall–Kier alpha value is -3.20. The molecule has 0 saturated heterocycles. The van der Waals surface area contributed by atoms with Gasteiger partial charge in [-0.05, 0) is 60.5 Å². The predicted octanol–water partition coefficient (Wildman–Crippen LogP) is 5.71. The number of benzene rings is 3. The van der Waals surface area contributed by atoms with E-state index in [4.69, 9.17) is 0 Å². The van der Waals surface area contributed by atoms with Crippen LogP contribution >= 0.6 is 0 Å². The van der Waals surface area contributed by atoms with Gasteiger partial charge in [0.2, 0.25) is 0 Å². The summed E-state index contributed by atoms with van der Waals surface area (Å²) < 4.78 is 0. The Morgan fingerprint density at radius 1 is 0.880 bits per heavy atom. The number of hydrogen-bond donors (Lipinski definition) is 3. The molecule has 3 nitrogen and oxygen atoms in total. The normalized spacial score (nSPS) is 12.2. The van der Waals surface area contributed by atoms with E-state index in [0.29, 0.717) is 0 Å². The number of phenolic OH excluding ortho intramolecular Hbond substituents is 1. The minimum absolute atomic E-state index is 0.221. The third kappa shape index (κ3) is 3.09. The number of phenols is 1. The van der Waals surface area contributed by atoms with Crippen LogP contribution in [0, 0.1) is 0 Å². The van der Waals surface area contributed by atoms with Gasteiger partial charge in [0, 0.05) is 28.3 Å².